The molecule has 0 bridgehead atoms. The minimum absolute atomic E-state index is 0.179. The third-order valence-corrected chi connectivity index (χ3v) is 3.18. The molecule has 0 atom stereocenters. The van der Waals surface area contributed by atoms with Gasteiger partial charge in [-0.1, -0.05) is 30.3 Å². The van der Waals surface area contributed by atoms with Crippen LogP contribution in [-0.2, 0) is 6.54 Å². The van der Waals surface area contributed by atoms with E-state index in [1.54, 1.807) is 41.3 Å². The standard InChI is InChI=1S/C17H14FN3O/c18-15-8-6-13(7-9-15)11-21-12-16(10-19-21)20-17(22)14-4-2-1-3-5-14/h1-10,12H,11H2,(H,20,22). The molecule has 4 nitrogen and oxygen atoms in total. The van der Waals surface area contributed by atoms with E-state index in [-0.39, 0.29) is 11.7 Å². The molecule has 1 aromatic heterocycles. The van der Waals surface area contributed by atoms with E-state index in [2.05, 4.69) is 10.4 Å². The zero-order valence-corrected chi connectivity index (χ0v) is 11.7. The van der Waals surface area contributed by atoms with Gasteiger partial charge in [-0.2, -0.15) is 5.10 Å². The largest absolute Gasteiger partial charge is 0.319 e. The first-order valence-electron chi connectivity index (χ1n) is 6.84. The van der Waals surface area contributed by atoms with Crippen LogP contribution in [0.4, 0.5) is 10.1 Å². The van der Waals surface area contributed by atoms with E-state index < -0.39 is 0 Å². The summed E-state index contributed by atoms with van der Waals surface area (Å²) in [6.07, 6.45) is 3.33. The number of carbonyl (C=O) groups excluding carboxylic acids is 1. The highest BCUT2D eigenvalue weighted by atomic mass is 19.1. The summed E-state index contributed by atoms with van der Waals surface area (Å²) in [6.45, 7) is 0.515. The molecule has 0 aliphatic carbocycles. The fourth-order valence-corrected chi connectivity index (χ4v) is 2.08. The number of rotatable bonds is 4. The molecule has 0 spiro atoms. The van der Waals surface area contributed by atoms with Crippen molar-refractivity contribution in [3.8, 4) is 0 Å². The van der Waals surface area contributed by atoms with E-state index in [0.717, 1.165) is 5.56 Å². The Morgan fingerprint density at radius 2 is 1.82 bits per heavy atom. The maximum atomic E-state index is 12.9. The van der Waals surface area contributed by atoms with E-state index in [1.165, 1.54) is 12.1 Å². The Bertz CT molecular complexity index is 766. The molecule has 110 valence electrons. The molecule has 1 amide bonds. The Labute approximate surface area is 127 Å². The number of aromatic nitrogens is 2. The molecule has 3 rings (SSSR count). The molecule has 0 aliphatic heterocycles. The number of nitrogens with zero attached hydrogens (tertiary/aromatic N) is 2. The van der Waals surface area contributed by atoms with Crippen molar-refractivity contribution in [2.75, 3.05) is 5.32 Å². The summed E-state index contributed by atoms with van der Waals surface area (Å²) in [6, 6.07) is 15.2. The number of nitrogens with one attached hydrogen (secondary N) is 1. The van der Waals surface area contributed by atoms with Crippen LogP contribution in [0.1, 0.15) is 15.9 Å². The van der Waals surface area contributed by atoms with Crippen LogP contribution < -0.4 is 5.32 Å². The molecule has 0 unspecified atom stereocenters. The summed E-state index contributed by atoms with van der Waals surface area (Å²) in [7, 11) is 0. The van der Waals surface area contributed by atoms with Gasteiger partial charge in [0.05, 0.1) is 18.4 Å². The Hall–Kier alpha value is -2.95. The first kappa shape index (κ1) is 14.0. The van der Waals surface area contributed by atoms with E-state index in [1.807, 2.05) is 18.2 Å². The smallest absolute Gasteiger partial charge is 0.255 e. The van der Waals surface area contributed by atoms with E-state index in [0.29, 0.717) is 17.8 Å². The Balaban J connectivity index is 1.66. The molecule has 5 heteroatoms. The lowest BCUT2D eigenvalue weighted by Gasteiger charge is -2.03. The monoisotopic (exact) mass is 295 g/mol. The van der Waals surface area contributed by atoms with Crippen molar-refractivity contribution in [1.29, 1.82) is 0 Å². The zero-order valence-electron chi connectivity index (χ0n) is 11.7. The van der Waals surface area contributed by atoms with Crippen LogP contribution in [0.15, 0.2) is 67.0 Å². The minimum atomic E-state index is -0.264. The van der Waals surface area contributed by atoms with Gasteiger partial charge in [-0.05, 0) is 29.8 Å². The van der Waals surface area contributed by atoms with Crippen molar-refractivity contribution in [3.05, 3.63) is 83.9 Å². The third-order valence-electron chi connectivity index (χ3n) is 3.18. The number of halogens is 1. The number of anilines is 1. The van der Waals surface area contributed by atoms with Crippen LogP contribution in [0, 0.1) is 5.82 Å². The number of amides is 1. The maximum Gasteiger partial charge on any atom is 0.255 e. The first-order chi connectivity index (χ1) is 10.7. The maximum absolute atomic E-state index is 12.9. The summed E-state index contributed by atoms with van der Waals surface area (Å²) in [5, 5.41) is 6.98. The van der Waals surface area contributed by atoms with Gasteiger partial charge in [0, 0.05) is 11.8 Å². The average Bonchev–Trinajstić information content (AvgIpc) is 2.97. The molecule has 3 aromatic rings. The normalized spacial score (nSPS) is 10.4. The molecule has 0 saturated carbocycles. The lowest BCUT2D eigenvalue weighted by molar-refractivity contribution is 0.102. The Morgan fingerprint density at radius 1 is 1.09 bits per heavy atom. The van der Waals surface area contributed by atoms with Crippen LogP contribution in [0.2, 0.25) is 0 Å². The van der Waals surface area contributed by atoms with Gasteiger partial charge in [0.25, 0.3) is 5.91 Å². The summed E-state index contributed by atoms with van der Waals surface area (Å²) in [5.41, 5.74) is 2.15. The second-order valence-corrected chi connectivity index (χ2v) is 4.87. The number of carbonyl (C=O) groups is 1. The molecule has 1 N–H and O–H groups in total. The first-order valence-corrected chi connectivity index (χ1v) is 6.84. The zero-order chi connectivity index (χ0) is 15.4. The van der Waals surface area contributed by atoms with Gasteiger partial charge >= 0.3 is 0 Å². The SMILES string of the molecule is O=C(Nc1cnn(Cc2ccc(F)cc2)c1)c1ccccc1. The number of hydrogen-bond acceptors (Lipinski definition) is 2. The summed E-state index contributed by atoms with van der Waals surface area (Å²) < 4.78 is 14.6. The van der Waals surface area contributed by atoms with Crippen molar-refractivity contribution in [1.82, 2.24) is 9.78 Å². The van der Waals surface area contributed by atoms with E-state index in [9.17, 15) is 9.18 Å². The topological polar surface area (TPSA) is 46.9 Å². The molecule has 22 heavy (non-hydrogen) atoms. The second-order valence-electron chi connectivity index (χ2n) is 4.87. The summed E-state index contributed by atoms with van der Waals surface area (Å²) in [5.74, 6) is -0.443. The summed E-state index contributed by atoms with van der Waals surface area (Å²) >= 11 is 0. The van der Waals surface area contributed by atoms with Gasteiger partial charge in [0.2, 0.25) is 0 Å². The van der Waals surface area contributed by atoms with Gasteiger partial charge < -0.3 is 5.32 Å². The Morgan fingerprint density at radius 3 is 2.55 bits per heavy atom. The number of hydrogen-bond donors (Lipinski definition) is 1. The third kappa shape index (κ3) is 3.38. The van der Waals surface area contributed by atoms with Crippen LogP contribution in [0.5, 0.6) is 0 Å². The Kier molecular flexibility index (Phi) is 3.96. The predicted octanol–water partition coefficient (Wildman–Crippen LogP) is 3.32. The van der Waals surface area contributed by atoms with Crippen LogP contribution in [-0.4, -0.2) is 15.7 Å². The summed E-state index contributed by atoms with van der Waals surface area (Å²) in [4.78, 5) is 12.0. The van der Waals surface area contributed by atoms with Crippen molar-refractivity contribution >= 4 is 11.6 Å². The molecule has 0 fully saturated rings. The van der Waals surface area contributed by atoms with Crippen LogP contribution in [0.25, 0.3) is 0 Å². The van der Waals surface area contributed by atoms with Gasteiger partial charge in [0.1, 0.15) is 5.82 Å². The second kappa shape index (κ2) is 6.22. The highest BCUT2D eigenvalue weighted by Gasteiger charge is 2.07. The number of benzene rings is 2. The van der Waals surface area contributed by atoms with Gasteiger partial charge in [0.15, 0.2) is 0 Å². The predicted molar refractivity (Wildman–Crippen MR) is 82.1 cm³/mol. The molecule has 2 aromatic carbocycles. The average molecular weight is 295 g/mol. The van der Waals surface area contributed by atoms with Gasteiger partial charge in [-0.3, -0.25) is 9.48 Å². The minimum Gasteiger partial charge on any atom is -0.319 e. The molecule has 0 radical (unpaired) electrons. The molecule has 1 heterocycles. The lowest BCUT2D eigenvalue weighted by Crippen LogP contribution is -2.11. The molecular weight excluding hydrogens is 281 g/mol. The molecule has 0 aliphatic rings. The van der Waals surface area contributed by atoms with Gasteiger partial charge in [-0.25, -0.2) is 4.39 Å². The lowest BCUT2D eigenvalue weighted by atomic mass is 10.2. The fraction of sp³-hybridized carbons (Fsp3) is 0.0588. The quantitative estimate of drug-likeness (QED) is 0.802. The molecular formula is C17H14FN3O. The van der Waals surface area contributed by atoms with Crippen LogP contribution in [0.3, 0.4) is 0 Å². The van der Waals surface area contributed by atoms with E-state index >= 15 is 0 Å². The van der Waals surface area contributed by atoms with E-state index in [4.69, 9.17) is 0 Å². The molecule has 0 saturated heterocycles. The van der Waals surface area contributed by atoms with Crippen molar-refractivity contribution in [2.45, 2.75) is 6.54 Å². The van der Waals surface area contributed by atoms with Crippen molar-refractivity contribution in [2.24, 2.45) is 0 Å². The fourth-order valence-electron chi connectivity index (χ4n) is 2.08. The van der Waals surface area contributed by atoms with Gasteiger partial charge in [-0.15, -0.1) is 0 Å². The van der Waals surface area contributed by atoms with Crippen molar-refractivity contribution in [3.63, 3.8) is 0 Å². The van der Waals surface area contributed by atoms with Crippen LogP contribution >= 0.6 is 0 Å². The van der Waals surface area contributed by atoms with Crippen molar-refractivity contribution < 1.29 is 9.18 Å². The highest BCUT2D eigenvalue weighted by Crippen LogP contribution is 2.10. The highest BCUT2D eigenvalue weighted by molar-refractivity contribution is 6.04.